The molecule has 6 nitrogen and oxygen atoms in total. The van der Waals surface area contributed by atoms with E-state index < -0.39 is 0 Å². The number of methoxy groups -OCH3 is 1. The number of imidazole rings is 1. The van der Waals surface area contributed by atoms with E-state index in [1.54, 1.807) is 13.3 Å². The maximum absolute atomic E-state index is 5.09. The van der Waals surface area contributed by atoms with Crippen LogP contribution in [0.1, 0.15) is 12.8 Å². The minimum atomic E-state index is 0.595. The molecule has 1 aliphatic carbocycles. The number of nitrogens with one attached hydrogen (secondary N) is 1. The topological polar surface area (TPSA) is 64.3 Å². The van der Waals surface area contributed by atoms with Crippen LogP contribution in [0.15, 0.2) is 36.7 Å². The van der Waals surface area contributed by atoms with E-state index in [9.17, 15) is 0 Å². The lowest BCUT2D eigenvalue weighted by Crippen LogP contribution is -2.07. The van der Waals surface area contributed by atoms with E-state index in [2.05, 4.69) is 20.4 Å². The van der Waals surface area contributed by atoms with E-state index in [-0.39, 0.29) is 0 Å². The molecule has 3 aromatic heterocycles. The van der Waals surface area contributed by atoms with Gasteiger partial charge < -0.3 is 10.1 Å². The van der Waals surface area contributed by atoms with Gasteiger partial charge in [0.25, 0.3) is 0 Å². The SMILES string of the molecule is COc1ccc(-c2cnc3ccc(NCC4CC4)nn23)cn1. The highest BCUT2D eigenvalue weighted by atomic mass is 16.5. The molecule has 1 saturated carbocycles. The summed E-state index contributed by atoms with van der Waals surface area (Å²) in [6.45, 7) is 0.993. The van der Waals surface area contributed by atoms with Crippen molar-refractivity contribution in [3.8, 4) is 17.1 Å². The second-order valence-electron chi connectivity index (χ2n) is 5.55. The lowest BCUT2D eigenvalue weighted by molar-refractivity contribution is 0.398. The Morgan fingerprint density at radius 2 is 2.09 bits per heavy atom. The molecule has 3 heterocycles. The average molecular weight is 295 g/mol. The van der Waals surface area contributed by atoms with E-state index in [0.29, 0.717) is 5.88 Å². The standard InChI is InChI=1S/C16H17N5O/c1-22-16-7-4-12(9-19-16)13-10-18-15-6-5-14(20-21(13)15)17-8-11-2-3-11/h4-7,9-11H,2-3,8H2,1H3,(H,17,20). The molecule has 0 bridgehead atoms. The summed E-state index contributed by atoms with van der Waals surface area (Å²) < 4.78 is 6.94. The van der Waals surface area contributed by atoms with Crippen LogP contribution in [-0.4, -0.2) is 33.2 Å². The predicted octanol–water partition coefficient (Wildman–Crippen LogP) is 2.62. The summed E-state index contributed by atoms with van der Waals surface area (Å²) in [6.07, 6.45) is 6.23. The third kappa shape index (κ3) is 2.47. The Labute approximate surface area is 128 Å². The Morgan fingerprint density at radius 3 is 2.82 bits per heavy atom. The van der Waals surface area contributed by atoms with Gasteiger partial charge in [-0.3, -0.25) is 0 Å². The van der Waals surface area contributed by atoms with Gasteiger partial charge in [0.2, 0.25) is 5.88 Å². The van der Waals surface area contributed by atoms with Crippen molar-refractivity contribution in [2.75, 3.05) is 19.0 Å². The minimum Gasteiger partial charge on any atom is -0.481 e. The lowest BCUT2D eigenvalue weighted by atomic mass is 10.2. The van der Waals surface area contributed by atoms with E-state index in [4.69, 9.17) is 4.74 Å². The first-order valence-corrected chi connectivity index (χ1v) is 7.42. The van der Waals surface area contributed by atoms with Crippen molar-refractivity contribution in [2.45, 2.75) is 12.8 Å². The molecule has 22 heavy (non-hydrogen) atoms. The van der Waals surface area contributed by atoms with Crippen LogP contribution < -0.4 is 10.1 Å². The lowest BCUT2D eigenvalue weighted by Gasteiger charge is -2.06. The number of hydrogen-bond donors (Lipinski definition) is 1. The highest BCUT2D eigenvalue weighted by molar-refractivity contribution is 5.63. The van der Waals surface area contributed by atoms with Crippen molar-refractivity contribution >= 4 is 11.5 Å². The highest BCUT2D eigenvalue weighted by Crippen LogP contribution is 2.29. The number of aromatic nitrogens is 4. The Balaban J connectivity index is 1.67. The second-order valence-corrected chi connectivity index (χ2v) is 5.55. The zero-order valence-electron chi connectivity index (χ0n) is 12.4. The molecule has 112 valence electrons. The van der Waals surface area contributed by atoms with Gasteiger partial charge in [0.15, 0.2) is 5.65 Å². The molecule has 0 spiro atoms. The summed E-state index contributed by atoms with van der Waals surface area (Å²) >= 11 is 0. The van der Waals surface area contributed by atoms with Crippen molar-refractivity contribution in [1.29, 1.82) is 0 Å². The number of fused-ring (bicyclic) bond motifs is 1. The van der Waals surface area contributed by atoms with E-state index in [1.165, 1.54) is 12.8 Å². The predicted molar refractivity (Wildman–Crippen MR) is 84.0 cm³/mol. The fourth-order valence-corrected chi connectivity index (χ4v) is 2.39. The summed E-state index contributed by atoms with van der Waals surface area (Å²) in [4.78, 5) is 8.64. The fraction of sp³-hybridized carbons (Fsp3) is 0.312. The van der Waals surface area contributed by atoms with Gasteiger partial charge in [-0.1, -0.05) is 0 Å². The highest BCUT2D eigenvalue weighted by Gasteiger charge is 2.20. The normalized spacial score (nSPS) is 14.2. The van der Waals surface area contributed by atoms with E-state index >= 15 is 0 Å². The number of hydrogen-bond acceptors (Lipinski definition) is 5. The summed E-state index contributed by atoms with van der Waals surface area (Å²) in [5, 5.41) is 8.03. The second kappa shape index (κ2) is 5.29. The molecule has 1 N–H and O–H groups in total. The van der Waals surface area contributed by atoms with Gasteiger partial charge in [-0.2, -0.15) is 0 Å². The van der Waals surface area contributed by atoms with Gasteiger partial charge >= 0.3 is 0 Å². The molecular formula is C16H17N5O. The first-order chi connectivity index (χ1) is 10.8. The summed E-state index contributed by atoms with van der Waals surface area (Å²) in [5.41, 5.74) is 2.70. The van der Waals surface area contributed by atoms with Crippen molar-refractivity contribution in [2.24, 2.45) is 5.92 Å². The van der Waals surface area contributed by atoms with Crippen molar-refractivity contribution in [3.05, 3.63) is 36.7 Å². The van der Waals surface area contributed by atoms with Crippen LogP contribution in [0.3, 0.4) is 0 Å². The number of ether oxygens (including phenoxy) is 1. The number of anilines is 1. The van der Waals surface area contributed by atoms with E-state index in [0.717, 1.165) is 35.2 Å². The first kappa shape index (κ1) is 13.1. The van der Waals surface area contributed by atoms with Gasteiger partial charge in [0, 0.05) is 24.4 Å². The number of pyridine rings is 1. The number of rotatable bonds is 5. The average Bonchev–Trinajstić information content (AvgIpc) is 3.31. The molecule has 0 amide bonds. The van der Waals surface area contributed by atoms with Crippen LogP contribution in [0.4, 0.5) is 5.82 Å². The van der Waals surface area contributed by atoms with Crippen LogP contribution in [0.5, 0.6) is 5.88 Å². The van der Waals surface area contributed by atoms with Gasteiger partial charge in [-0.15, -0.1) is 5.10 Å². The molecule has 0 aliphatic heterocycles. The molecule has 0 atom stereocenters. The number of nitrogens with zero attached hydrogens (tertiary/aromatic N) is 4. The van der Waals surface area contributed by atoms with Gasteiger partial charge in [-0.05, 0) is 37.0 Å². The molecule has 0 aromatic carbocycles. The minimum absolute atomic E-state index is 0.595. The Morgan fingerprint density at radius 1 is 1.18 bits per heavy atom. The van der Waals surface area contributed by atoms with E-state index in [1.807, 2.05) is 35.0 Å². The monoisotopic (exact) mass is 295 g/mol. The molecule has 6 heteroatoms. The first-order valence-electron chi connectivity index (χ1n) is 7.42. The van der Waals surface area contributed by atoms with Crippen LogP contribution in [0.25, 0.3) is 16.9 Å². The molecule has 1 fully saturated rings. The Bertz CT molecular complexity index is 792. The third-order valence-electron chi connectivity index (χ3n) is 3.87. The molecule has 4 rings (SSSR count). The third-order valence-corrected chi connectivity index (χ3v) is 3.87. The molecule has 0 radical (unpaired) electrons. The Kier molecular flexibility index (Phi) is 3.14. The maximum atomic E-state index is 5.09. The van der Waals surface area contributed by atoms with Gasteiger partial charge in [0.1, 0.15) is 5.82 Å². The van der Waals surface area contributed by atoms with Crippen LogP contribution in [0.2, 0.25) is 0 Å². The summed E-state index contributed by atoms with van der Waals surface area (Å²) in [5.74, 6) is 2.28. The zero-order valence-corrected chi connectivity index (χ0v) is 12.4. The van der Waals surface area contributed by atoms with Gasteiger partial charge in [-0.25, -0.2) is 14.5 Å². The van der Waals surface area contributed by atoms with Crippen molar-refractivity contribution in [1.82, 2.24) is 19.6 Å². The zero-order chi connectivity index (χ0) is 14.9. The molecular weight excluding hydrogens is 278 g/mol. The molecule has 0 unspecified atom stereocenters. The van der Waals surface area contributed by atoms with Gasteiger partial charge in [0.05, 0.1) is 19.0 Å². The van der Waals surface area contributed by atoms with Crippen LogP contribution in [0, 0.1) is 5.92 Å². The van der Waals surface area contributed by atoms with Crippen LogP contribution in [-0.2, 0) is 0 Å². The molecule has 0 saturated heterocycles. The van der Waals surface area contributed by atoms with Crippen molar-refractivity contribution in [3.63, 3.8) is 0 Å². The quantitative estimate of drug-likeness (QED) is 0.784. The Hall–Kier alpha value is -2.63. The fourth-order valence-electron chi connectivity index (χ4n) is 2.39. The summed E-state index contributed by atoms with van der Waals surface area (Å²) in [6, 6.07) is 7.74. The molecule has 3 aromatic rings. The van der Waals surface area contributed by atoms with Crippen LogP contribution >= 0.6 is 0 Å². The summed E-state index contributed by atoms with van der Waals surface area (Å²) in [7, 11) is 1.61. The van der Waals surface area contributed by atoms with Crippen molar-refractivity contribution < 1.29 is 4.74 Å². The largest absolute Gasteiger partial charge is 0.481 e. The molecule has 1 aliphatic rings. The maximum Gasteiger partial charge on any atom is 0.212 e. The smallest absolute Gasteiger partial charge is 0.212 e.